The molecule has 9 nitrogen and oxygen atoms in total. The van der Waals surface area contributed by atoms with Crippen LogP contribution >= 0.6 is 0 Å². The van der Waals surface area contributed by atoms with E-state index in [0.717, 1.165) is 16.2 Å². The summed E-state index contributed by atoms with van der Waals surface area (Å²) in [5.41, 5.74) is 7.30. The van der Waals surface area contributed by atoms with Crippen LogP contribution in [0.4, 0.5) is 16.2 Å². The maximum atomic E-state index is 13.1. The number of primary amides is 1. The molecular weight excluding hydrogens is 434 g/mol. The van der Waals surface area contributed by atoms with Crippen LogP contribution in [0.2, 0.25) is 0 Å². The standard InChI is InChI=1S/C25H29N5O4/c1-16-7-9-18(10-8-16)25(2)23(33)30(24(34)28-25)15-21(31)27-19-5-3-4-6-20(19)29-13-11-17(12-14-29)22(26)32/h3-10,17H,11-15H2,1-2H3,(H2,26,32)(H,27,31)(H,28,34). The van der Waals surface area contributed by atoms with Gasteiger partial charge in [0.05, 0.1) is 11.4 Å². The highest BCUT2D eigenvalue weighted by atomic mass is 16.2. The summed E-state index contributed by atoms with van der Waals surface area (Å²) in [4.78, 5) is 53.1. The lowest BCUT2D eigenvalue weighted by Crippen LogP contribution is -2.42. The van der Waals surface area contributed by atoms with E-state index in [-0.39, 0.29) is 11.8 Å². The van der Waals surface area contributed by atoms with E-state index in [1.165, 1.54) is 0 Å². The maximum Gasteiger partial charge on any atom is 0.325 e. The first-order valence-electron chi connectivity index (χ1n) is 11.3. The molecule has 2 heterocycles. The van der Waals surface area contributed by atoms with Gasteiger partial charge in [-0.1, -0.05) is 42.0 Å². The van der Waals surface area contributed by atoms with Gasteiger partial charge in [0, 0.05) is 19.0 Å². The number of hydrogen-bond acceptors (Lipinski definition) is 5. The Kier molecular flexibility index (Phi) is 6.28. The first-order chi connectivity index (χ1) is 16.2. The van der Waals surface area contributed by atoms with E-state index in [0.29, 0.717) is 37.2 Å². The molecule has 2 aliphatic heterocycles. The van der Waals surface area contributed by atoms with Crippen molar-refractivity contribution in [3.8, 4) is 0 Å². The van der Waals surface area contributed by atoms with Crippen LogP contribution in [-0.4, -0.2) is 48.3 Å². The fraction of sp³-hybridized carbons (Fsp3) is 0.360. The molecule has 178 valence electrons. The van der Waals surface area contributed by atoms with Crippen LogP contribution in [0, 0.1) is 12.8 Å². The number of hydrogen-bond donors (Lipinski definition) is 3. The van der Waals surface area contributed by atoms with E-state index in [2.05, 4.69) is 15.5 Å². The van der Waals surface area contributed by atoms with Crippen LogP contribution < -0.4 is 21.3 Å². The van der Waals surface area contributed by atoms with Crippen LogP contribution in [0.3, 0.4) is 0 Å². The highest BCUT2D eigenvalue weighted by molar-refractivity contribution is 6.10. The molecule has 2 aromatic carbocycles. The highest BCUT2D eigenvalue weighted by Gasteiger charge is 2.49. The predicted octanol–water partition coefficient (Wildman–Crippen LogP) is 2.10. The molecular formula is C25H29N5O4. The maximum absolute atomic E-state index is 13.1. The second-order valence-electron chi connectivity index (χ2n) is 9.04. The number of carbonyl (C=O) groups excluding carboxylic acids is 4. The van der Waals surface area contributed by atoms with Crippen molar-refractivity contribution in [3.05, 3.63) is 59.7 Å². The van der Waals surface area contributed by atoms with Gasteiger partial charge in [-0.2, -0.15) is 0 Å². The fourth-order valence-electron chi connectivity index (χ4n) is 4.52. The number of rotatable bonds is 6. The molecule has 1 atom stereocenters. The number of nitrogens with zero attached hydrogens (tertiary/aromatic N) is 2. The number of aryl methyl sites for hydroxylation is 1. The second-order valence-corrected chi connectivity index (χ2v) is 9.04. The largest absolute Gasteiger partial charge is 0.370 e. The van der Waals surface area contributed by atoms with Gasteiger partial charge in [0.25, 0.3) is 5.91 Å². The molecule has 0 bridgehead atoms. The Morgan fingerprint density at radius 1 is 1.09 bits per heavy atom. The number of imide groups is 1. The second kappa shape index (κ2) is 9.17. The van der Waals surface area contributed by atoms with Crippen molar-refractivity contribution in [1.29, 1.82) is 0 Å². The highest BCUT2D eigenvalue weighted by Crippen LogP contribution is 2.31. The molecule has 2 saturated heterocycles. The first kappa shape index (κ1) is 23.3. The minimum atomic E-state index is -1.23. The van der Waals surface area contributed by atoms with Crippen molar-refractivity contribution < 1.29 is 19.2 Å². The van der Waals surface area contributed by atoms with Gasteiger partial charge in [0.2, 0.25) is 11.8 Å². The van der Waals surface area contributed by atoms with Crippen LogP contribution in [0.25, 0.3) is 0 Å². The number of nitrogens with two attached hydrogens (primary N) is 1. The Hall–Kier alpha value is -3.88. The lowest BCUT2D eigenvalue weighted by Gasteiger charge is -2.33. The minimum absolute atomic E-state index is 0.138. The van der Waals surface area contributed by atoms with Gasteiger partial charge in [-0.25, -0.2) is 4.79 Å². The smallest absolute Gasteiger partial charge is 0.325 e. The van der Waals surface area contributed by atoms with E-state index in [1.807, 2.05) is 31.2 Å². The monoisotopic (exact) mass is 463 g/mol. The molecule has 2 fully saturated rings. The number of piperidine rings is 1. The summed E-state index contributed by atoms with van der Waals surface area (Å²) in [6.07, 6.45) is 1.30. The summed E-state index contributed by atoms with van der Waals surface area (Å²) in [6, 6.07) is 14.1. The molecule has 34 heavy (non-hydrogen) atoms. The molecule has 0 spiro atoms. The summed E-state index contributed by atoms with van der Waals surface area (Å²) in [5.74, 6) is -1.37. The zero-order valence-electron chi connectivity index (χ0n) is 19.3. The Bertz CT molecular complexity index is 1120. The normalized spacial score (nSPS) is 20.9. The Morgan fingerprint density at radius 2 is 1.74 bits per heavy atom. The third kappa shape index (κ3) is 4.46. The van der Waals surface area contributed by atoms with E-state index in [9.17, 15) is 19.2 Å². The number of urea groups is 1. The van der Waals surface area contributed by atoms with E-state index < -0.39 is 29.9 Å². The van der Waals surface area contributed by atoms with Crippen molar-refractivity contribution in [1.82, 2.24) is 10.2 Å². The third-order valence-electron chi connectivity index (χ3n) is 6.62. The minimum Gasteiger partial charge on any atom is -0.370 e. The molecule has 1 unspecified atom stereocenters. The van der Waals surface area contributed by atoms with Crippen molar-refractivity contribution >= 4 is 35.1 Å². The Balaban J connectivity index is 1.44. The van der Waals surface area contributed by atoms with Gasteiger partial charge in [-0.05, 0) is 44.4 Å². The number of carbonyl (C=O) groups is 4. The molecule has 0 aromatic heterocycles. The quantitative estimate of drug-likeness (QED) is 0.566. The Labute approximate surface area is 198 Å². The van der Waals surface area contributed by atoms with E-state index >= 15 is 0 Å². The van der Waals surface area contributed by atoms with Crippen molar-refractivity contribution in [2.24, 2.45) is 11.7 Å². The number of para-hydroxylation sites is 2. The van der Waals surface area contributed by atoms with Crippen molar-refractivity contribution in [2.75, 3.05) is 29.9 Å². The predicted molar refractivity (Wildman–Crippen MR) is 128 cm³/mol. The summed E-state index contributed by atoms with van der Waals surface area (Å²) in [7, 11) is 0. The van der Waals surface area contributed by atoms with E-state index in [1.54, 1.807) is 31.2 Å². The molecule has 0 saturated carbocycles. The zero-order chi connectivity index (χ0) is 24.5. The molecule has 9 heteroatoms. The summed E-state index contributed by atoms with van der Waals surface area (Å²) in [6.45, 7) is 4.46. The van der Waals surface area contributed by atoms with Crippen LogP contribution in [0.15, 0.2) is 48.5 Å². The average molecular weight is 464 g/mol. The molecule has 4 rings (SSSR count). The molecule has 2 aromatic rings. The molecule has 5 amide bonds. The molecule has 4 N–H and O–H groups in total. The lowest BCUT2D eigenvalue weighted by molar-refractivity contribution is -0.133. The Morgan fingerprint density at radius 3 is 2.38 bits per heavy atom. The number of benzene rings is 2. The summed E-state index contributed by atoms with van der Waals surface area (Å²) >= 11 is 0. The summed E-state index contributed by atoms with van der Waals surface area (Å²) < 4.78 is 0. The van der Waals surface area contributed by atoms with Crippen LogP contribution in [0.5, 0.6) is 0 Å². The topological polar surface area (TPSA) is 125 Å². The van der Waals surface area contributed by atoms with Gasteiger partial charge >= 0.3 is 6.03 Å². The first-order valence-corrected chi connectivity index (χ1v) is 11.3. The summed E-state index contributed by atoms with van der Waals surface area (Å²) in [5, 5.41) is 5.56. The van der Waals surface area contributed by atoms with Crippen molar-refractivity contribution in [2.45, 2.75) is 32.2 Å². The van der Waals surface area contributed by atoms with E-state index in [4.69, 9.17) is 5.73 Å². The van der Waals surface area contributed by atoms with Gasteiger partial charge in [0.15, 0.2) is 0 Å². The molecule has 0 aliphatic carbocycles. The number of anilines is 2. The molecule has 2 aliphatic rings. The van der Waals surface area contributed by atoms with Gasteiger partial charge in [-0.3, -0.25) is 19.3 Å². The van der Waals surface area contributed by atoms with Gasteiger partial charge in [0.1, 0.15) is 12.1 Å². The number of nitrogens with one attached hydrogen (secondary N) is 2. The average Bonchev–Trinajstić information content (AvgIpc) is 3.03. The molecule has 0 radical (unpaired) electrons. The zero-order valence-corrected chi connectivity index (χ0v) is 19.3. The number of amides is 5. The van der Waals surface area contributed by atoms with Crippen molar-refractivity contribution in [3.63, 3.8) is 0 Å². The van der Waals surface area contributed by atoms with Crippen LogP contribution in [0.1, 0.15) is 30.9 Å². The van der Waals surface area contributed by atoms with Gasteiger partial charge in [-0.15, -0.1) is 0 Å². The van der Waals surface area contributed by atoms with Gasteiger partial charge < -0.3 is 21.3 Å². The van der Waals surface area contributed by atoms with Crippen LogP contribution in [-0.2, 0) is 19.9 Å². The fourth-order valence-corrected chi connectivity index (χ4v) is 4.52. The third-order valence-corrected chi connectivity index (χ3v) is 6.62. The lowest BCUT2D eigenvalue weighted by atomic mass is 9.91. The SMILES string of the molecule is Cc1ccc(C2(C)NC(=O)N(CC(=O)Nc3ccccc3N3CCC(C(N)=O)CC3)C2=O)cc1.